The molecule has 2 bridgehead atoms. The fourth-order valence-electron chi connectivity index (χ4n) is 5.81. The Balaban J connectivity index is 1.16. The number of alkyl halides is 2. The first-order valence-corrected chi connectivity index (χ1v) is 10.3. The van der Waals surface area contributed by atoms with Crippen molar-refractivity contribution in [3.8, 4) is 5.69 Å². The minimum absolute atomic E-state index is 0.00899. The fourth-order valence-corrected chi connectivity index (χ4v) is 5.81. The Hall–Kier alpha value is -2.24. The van der Waals surface area contributed by atoms with Crippen molar-refractivity contribution in [3.63, 3.8) is 0 Å². The van der Waals surface area contributed by atoms with E-state index in [1.54, 1.807) is 0 Å². The Labute approximate surface area is 162 Å². The van der Waals surface area contributed by atoms with Crippen molar-refractivity contribution in [2.75, 3.05) is 0 Å². The number of hydrogen-bond donors (Lipinski definition) is 0. The molecule has 1 amide bonds. The predicted molar refractivity (Wildman–Crippen MR) is 99.3 cm³/mol. The zero-order valence-corrected chi connectivity index (χ0v) is 15.6. The van der Waals surface area contributed by atoms with Crippen LogP contribution in [0.3, 0.4) is 0 Å². The molecule has 1 aromatic carbocycles. The molecule has 2 unspecified atom stereocenters. The van der Waals surface area contributed by atoms with Gasteiger partial charge in [0.1, 0.15) is 0 Å². The van der Waals surface area contributed by atoms with Crippen LogP contribution in [0.1, 0.15) is 50.0 Å². The Kier molecular flexibility index (Phi) is 3.23. The van der Waals surface area contributed by atoms with Crippen molar-refractivity contribution in [3.05, 3.63) is 48.3 Å². The number of carbonyl (C=O) groups is 1. The van der Waals surface area contributed by atoms with Gasteiger partial charge in [-0.2, -0.15) is 5.10 Å². The van der Waals surface area contributed by atoms with Crippen LogP contribution in [0.15, 0.2) is 42.7 Å². The van der Waals surface area contributed by atoms with Crippen LogP contribution in [-0.4, -0.2) is 38.6 Å². The van der Waals surface area contributed by atoms with Crippen LogP contribution in [0.5, 0.6) is 0 Å². The fraction of sp³-hybridized carbons (Fsp3) is 0.545. The Morgan fingerprint density at radius 2 is 1.79 bits per heavy atom. The van der Waals surface area contributed by atoms with Crippen molar-refractivity contribution in [2.24, 2.45) is 11.3 Å². The molecule has 2 aromatic rings. The molecule has 4 atom stereocenters. The molecule has 4 aliphatic rings. The zero-order valence-electron chi connectivity index (χ0n) is 15.6. The maximum absolute atomic E-state index is 13.9. The average molecular weight is 383 g/mol. The van der Waals surface area contributed by atoms with Crippen LogP contribution in [0, 0.1) is 11.3 Å². The summed E-state index contributed by atoms with van der Waals surface area (Å²) in [6.45, 7) is 0. The summed E-state index contributed by atoms with van der Waals surface area (Å²) in [6.07, 6.45) is 7.50. The molecule has 3 heterocycles. The Bertz CT molecular complexity index is 926. The molecule has 1 aromatic heterocycles. The smallest absolute Gasteiger partial charge is 0.254 e. The van der Waals surface area contributed by atoms with E-state index in [2.05, 4.69) is 5.10 Å². The second-order valence-corrected chi connectivity index (χ2v) is 9.20. The molecule has 0 radical (unpaired) electrons. The molecular formula is C22H23F2N3O. The standard InChI is InChI=1S/C22H23F2N3O/c23-22(24)13-21(22)9-16-6-7-17(10-21)27(16)20(28)19-8-18(19)14-11-25-26(12-14)15-4-2-1-3-5-15/h1-5,11-12,16-19H,6-10,13H2/t16?,17?,18-,19+,21?/m0/s1. The third-order valence-corrected chi connectivity index (χ3v) is 7.50. The van der Waals surface area contributed by atoms with Crippen LogP contribution in [0.25, 0.3) is 5.69 Å². The third-order valence-electron chi connectivity index (χ3n) is 7.50. The number of aromatic nitrogens is 2. The SMILES string of the molecule is O=C([C@@H]1C[C@H]1c1cnn(-c2ccccc2)c1)N1C2CCC1CC1(C2)CC1(F)F. The highest BCUT2D eigenvalue weighted by Crippen LogP contribution is 2.69. The summed E-state index contributed by atoms with van der Waals surface area (Å²) in [4.78, 5) is 15.2. The molecule has 2 saturated heterocycles. The van der Waals surface area contributed by atoms with Crippen LogP contribution >= 0.6 is 0 Å². The molecule has 4 nitrogen and oxygen atoms in total. The Morgan fingerprint density at radius 1 is 1.11 bits per heavy atom. The van der Waals surface area contributed by atoms with Gasteiger partial charge in [0.25, 0.3) is 5.92 Å². The highest BCUT2D eigenvalue weighted by Gasteiger charge is 2.74. The summed E-state index contributed by atoms with van der Waals surface area (Å²) in [6, 6.07) is 9.96. The lowest BCUT2D eigenvalue weighted by Gasteiger charge is -2.39. The van der Waals surface area contributed by atoms with Gasteiger partial charge in [0.05, 0.1) is 11.9 Å². The van der Waals surface area contributed by atoms with Gasteiger partial charge >= 0.3 is 0 Å². The first-order chi connectivity index (χ1) is 13.5. The van der Waals surface area contributed by atoms with Crippen LogP contribution in [0.4, 0.5) is 8.78 Å². The molecule has 28 heavy (non-hydrogen) atoms. The molecule has 0 N–H and O–H groups in total. The molecule has 6 rings (SSSR count). The molecule has 2 aliphatic carbocycles. The summed E-state index contributed by atoms with van der Waals surface area (Å²) in [5.41, 5.74) is 1.30. The quantitative estimate of drug-likeness (QED) is 0.798. The number of fused-ring (bicyclic) bond motifs is 2. The molecule has 1 spiro atoms. The van der Waals surface area contributed by atoms with Gasteiger partial charge in [0.15, 0.2) is 0 Å². The topological polar surface area (TPSA) is 38.1 Å². The first kappa shape index (κ1) is 16.7. The maximum Gasteiger partial charge on any atom is 0.254 e. The number of carbonyl (C=O) groups excluding carboxylic acids is 1. The minimum atomic E-state index is -2.50. The number of benzene rings is 1. The van der Waals surface area contributed by atoms with E-state index in [1.807, 2.05) is 52.3 Å². The maximum atomic E-state index is 13.9. The van der Waals surface area contributed by atoms with E-state index >= 15 is 0 Å². The average Bonchev–Trinajstić information content (AvgIpc) is 3.45. The van der Waals surface area contributed by atoms with E-state index in [9.17, 15) is 13.6 Å². The van der Waals surface area contributed by atoms with E-state index in [-0.39, 0.29) is 36.2 Å². The van der Waals surface area contributed by atoms with E-state index in [1.165, 1.54) is 0 Å². The molecule has 6 heteroatoms. The van der Waals surface area contributed by atoms with E-state index in [4.69, 9.17) is 0 Å². The van der Waals surface area contributed by atoms with Gasteiger partial charge in [0.2, 0.25) is 5.91 Å². The number of nitrogens with zero attached hydrogens (tertiary/aromatic N) is 3. The third kappa shape index (κ3) is 2.32. The predicted octanol–water partition coefficient (Wildman–Crippen LogP) is 4.15. The number of rotatable bonds is 3. The van der Waals surface area contributed by atoms with Gasteiger partial charge in [-0.25, -0.2) is 13.5 Å². The summed E-state index contributed by atoms with van der Waals surface area (Å²) >= 11 is 0. The zero-order chi connectivity index (χ0) is 19.1. The van der Waals surface area contributed by atoms with Gasteiger partial charge < -0.3 is 4.90 Å². The summed E-state index contributed by atoms with van der Waals surface area (Å²) in [5.74, 6) is -2.12. The van der Waals surface area contributed by atoms with E-state index < -0.39 is 11.3 Å². The van der Waals surface area contributed by atoms with Gasteiger partial charge in [-0.1, -0.05) is 18.2 Å². The van der Waals surface area contributed by atoms with Crippen LogP contribution in [0.2, 0.25) is 0 Å². The van der Waals surface area contributed by atoms with E-state index in [0.717, 1.165) is 30.5 Å². The second-order valence-electron chi connectivity index (χ2n) is 9.20. The summed E-state index contributed by atoms with van der Waals surface area (Å²) in [7, 11) is 0. The lowest BCUT2D eigenvalue weighted by Crippen LogP contribution is -2.49. The number of hydrogen-bond acceptors (Lipinski definition) is 2. The van der Waals surface area contributed by atoms with Crippen molar-refractivity contribution in [1.82, 2.24) is 14.7 Å². The van der Waals surface area contributed by atoms with Crippen molar-refractivity contribution in [1.29, 1.82) is 0 Å². The first-order valence-electron chi connectivity index (χ1n) is 10.3. The van der Waals surface area contributed by atoms with Gasteiger partial charge in [-0.15, -0.1) is 0 Å². The van der Waals surface area contributed by atoms with Crippen molar-refractivity contribution < 1.29 is 13.6 Å². The minimum Gasteiger partial charge on any atom is -0.336 e. The van der Waals surface area contributed by atoms with Gasteiger partial charge in [-0.05, 0) is 55.7 Å². The number of amides is 1. The number of halogens is 2. The molecule has 4 fully saturated rings. The lowest BCUT2D eigenvalue weighted by molar-refractivity contribution is -0.139. The second kappa shape index (κ2) is 5.43. The van der Waals surface area contributed by atoms with Crippen molar-refractivity contribution in [2.45, 2.75) is 62.4 Å². The number of piperidine rings is 1. The lowest BCUT2D eigenvalue weighted by atomic mass is 9.86. The van der Waals surface area contributed by atoms with E-state index in [0.29, 0.717) is 12.8 Å². The molecule has 2 saturated carbocycles. The van der Waals surface area contributed by atoms with Crippen LogP contribution < -0.4 is 0 Å². The highest BCUT2D eigenvalue weighted by molar-refractivity contribution is 5.84. The molecule has 146 valence electrons. The molecule has 2 aliphatic heterocycles. The largest absolute Gasteiger partial charge is 0.336 e. The highest BCUT2D eigenvalue weighted by atomic mass is 19.3. The molecular weight excluding hydrogens is 360 g/mol. The van der Waals surface area contributed by atoms with Crippen LogP contribution in [-0.2, 0) is 4.79 Å². The van der Waals surface area contributed by atoms with Gasteiger partial charge in [0, 0.05) is 36.0 Å². The van der Waals surface area contributed by atoms with Crippen molar-refractivity contribution >= 4 is 5.91 Å². The normalized spacial score (nSPS) is 37.3. The Morgan fingerprint density at radius 3 is 2.43 bits per heavy atom. The summed E-state index contributed by atoms with van der Waals surface area (Å²) in [5, 5.41) is 4.45. The number of para-hydroxylation sites is 1. The monoisotopic (exact) mass is 383 g/mol. The van der Waals surface area contributed by atoms with Gasteiger partial charge in [-0.3, -0.25) is 4.79 Å². The summed E-state index contributed by atoms with van der Waals surface area (Å²) < 4.78 is 29.6.